The monoisotopic (exact) mass is 251 g/mol. The van der Waals surface area contributed by atoms with Gasteiger partial charge in [-0.3, -0.25) is 0 Å². The van der Waals surface area contributed by atoms with E-state index in [2.05, 4.69) is 5.32 Å². The van der Waals surface area contributed by atoms with E-state index in [0.29, 0.717) is 6.54 Å². The number of nitrogens with one attached hydrogen (secondary N) is 1. The zero-order chi connectivity index (χ0) is 13.6. The molecule has 1 aromatic carbocycles. The summed E-state index contributed by atoms with van der Waals surface area (Å²) in [5, 5.41) is 11.8. The molecule has 0 fully saturated rings. The van der Waals surface area contributed by atoms with Crippen LogP contribution in [0.4, 0.5) is 4.79 Å². The number of rotatable bonds is 4. The van der Waals surface area contributed by atoms with Crippen molar-refractivity contribution in [1.82, 2.24) is 5.32 Å². The van der Waals surface area contributed by atoms with Gasteiger partial charge in [0.25, 0.3) is 0 Å². The van der Waals surface area contributed by atoms with E-state index in [9.17, 15) is 4.79 Å². The van der Waals surface area contributed by atoms with Gasteiger partial charge in [-0.25, -0.2) is 4.79 Å². The van der Waals surface area contributed by atoms with E-state index in [1.54, 1.807) is 12.1 Å². The third kappa shape index (κ3) is 6.13. The van der Waals surface area contributed by atoms with Crippen LogP contribution in [0.25, 0.3) is 0 Å². The van der Waals surface area contributed by atoms with Gasteiger partial charge in [-0.1, -0.05) is 12.1 Å². The van der Waals surface area contributed by atoms with E-state index >= 15 is 0 Å². The number of phenolic OH excluding ortho intramolecular Hbond substituents is 1. The molecule has 18 heavy (non-hydrogen) atoms. The number of hydrogen-bond acceptors (Lipinski definition) is 3. The smallest absolute Gasteiger partial charge is 0.407 e. The van der Waals surface area contributed by atoms with E-state index in [0.717, 1.165) is 18.4 Å². The molecule has 4 nitrogen and oxygen atoms in total. The maximum atomic E-state index is 11.3. The lowest BCUT2D eigenvalue weighted by molar-refractivity contribution is 0.0527. The third-order valence-electron chi connectivity index (χ3n) is 2.25. The molecule has 4 heteroatoms. The van der Waals surface area contributed by atoms with E-state index < -0.39 is 5.60 Å². The maximum absolute atomic E-state index is 11.3. The molecule has 0 aliphatic heterocycles. The zero-order valence-electron chi connectivity index (χ0n) is 11.2. The zero-order valence-corrected chi connectivity index (χ0v) is 11.2. The molecular formula is C14H21NO3. The quantitative estimate of drug-likeness (QED) is 0.809. The Morgan fingerprint density at radius 1 is 1.28 bits per heavy atom. The fourth-order valence-corrected chi connectivity index (χ4v) is 1.46. The second-order valence-corrected chi connectivity index (χ2v) is 5.20. The SMILES string of the molecule is CC(C)(C)OC(=O)NCCCc1ccc(O)cc1. The van der Waals surface area contributed by atoms with Gasteiger partial charge in [0.15, 0.2) is 0 Å². The summed E-state index contributed by atoms with van der Waals surface area (Å²) in [7, 11) is 0. The van der Waals surface area contributed by atoms with Gasteiger partial charge in [-0.2, -0.15) is 0 Å². The second-order valence-electron chi connectivity index (χ2n) is 5.20. The number of alkyl carbamates (subject to hydrolysis) is 1. The Bertz CT molecular complexity index is 379. The molecule has 0 atom stereocenters. The molecule has 0 heterocycles. The molecular weight excluding hydrogens is 230 g/mol. The van der Waals surface area contributed by atoms with Crippen molar-refractivity contribution in [3.05, 3.63) is 29.8 Å². The first-order valence-corrected chi connectivity index (χ1v) is 6.11. The van der Waals surface area contributed by atoms with Crippen LogP contribution >= 0.6 is 0 Å². The minimum absolute atomic E-state index is 0.269. The number of carbonyl (C=O) groups is 1. The van der Waals surface area contributed by atoms with Gasteiger partial charge in [0.05, 0.1) is 0 Å². The number of carbonyl (C=O) groups excluding carboxylic acids is 1. The average molecular weight is 251 g/mol. The lowest BCUT2D eigenvalue weighted by atomic mass is 10.1. The molecule has 1 rings (SSSR count). The molecule has 0 unspecified atom stereocenters. The first kappa shape index (κ1) is 14.4. The highest BCUT2D eigenvalue weighted by Gasteiger charge is 2.15. The lowest BCUT2D eigenvalue weighted by Crippen LogP contribution is -2.33. The minimum Gasteiger partial charge on any atom is -0.508 e. The number of ether oxygens (including phenoxy) is 1. The molecule has 0 aliphatic rings. The summed E-state index contributed by atoms with van der Waals surface area (Å²) in [6.07, 6.45) is 1.31. The van der Waals surface area contributed by atoms with Crippen LogP contribution < -0.4 is 5.32 Å². The molecule has 0 aliphatic carbocycles. The molecule has 1 aromatic rings. The maximum Gasteiger partial charge on any atom is 0.407 e. The lowest BCUT2D eigenvalue weighted by Gasteiger charge is -2.19. The van der Waals surface area contributed by atoms with Crippen molar-refractivity contribution in [2.45, 2.75) is 39.2 Å². The first-order chi connectivity index (χ1) is 8.37. The van der Waals surface area contributed by atoms with Crippen LogP contribution in [0.15, 0.2) is 24.3 Å². The summed E-state index contributed by atoms with van der Waals surface area (Å²) < 4.78 is 5.12. The molecule has 2 N–H and O–H groups in total. The van der Waals surface area contributed by atoms with E-state index in [4.69, 9.17) is 9.84 Å². The van der Waals surface area contributed by atoms with Crippen molar-refractivity contribution in [3.8, 4) is 5.75 Å². The van der Waals surface area contributed by atoms with Gasteiger partial charge in [-0.05, 0) is 51.3 Å². The second kappa shape index (κ2) is 6.28. The van der Waals surface area contributed by atoms with Gasteiger partial charge in [-0.15, -0.1) is 0 Å². The molecule has 100 valence electrons. The van der Waals surface area contributed by atoms with E-state index in [1.807, 2.05) is 32.9 Å². The summed E-state index contributed by atoms with van der Waals surface area (Å²) >= 11 is 0. The topological polar surface area (TPSA) is 58.6 Å². The van der Waals surface area contributed by atoms with Gasteiger partial charge >= 0.3 is 6.09 Å². The van der Waals surface area contributed by atoms with Crippen molar-refractivity contribution >= 4 is 6.09 Å². The third-order valence-corrected chi connectivity index (χ3v) is 2.25. The summed E-state index contributed by atoms with van der Waals surface area (Å²) in [4.78, 5) is 11.3. The number of hydrogen-bond donors (Lipinski definition) is 2. The highest BCUT2D eigenvalue weighted by Crippen LogP contribution is 2.11. The van der Waals surface area contributed by atoms with Crippen LogP contribution in [0.2, 0.25) is 0 Å². The normalized spacial score (nSPS) is 11.1. The van der Waals surface area contributed by atoms with Gasteiger partial charge in [0.1, 0.15) is 11.4 Å². The Morgan fingerprint density at radius 2 is 1.89 bits per heavy atom. The van der Waals surface area contributed by atoms with Crippen LogP contribution in [0.5, 0.6) is 5.75 Å². The van der Waals surface area contributed by atoms with Crippen LogP contribution in [-0.4, -0.2) is 23.3 Å². The Kier molecular flexibility index (Phi) is 5.01. The summed E-state index contributed by atoms with van der Waals surface area (Å²) in [6.45, 7) is 6.09. The summed E-state index contributed by atoms with van der Waals surface area (Å²) in [5.74, 6) is 0.269. The van der Waals surface area contributed by atoms with Crippen molar-refractivity contribution in [3.63, 3.8) is 0 Å². The van der Waals surface area contributed by atoms with Gasteiger partial charge in [0.2, 0.25) is 0 Å². The van der Waals surface area contributed by atoms with Crippen molar-refractivity contribution in [2.75, 3.05) is 6.54 Å². The summed E-state index contributed by atoms with van der Waals surface area (Å²) in [6, 6.07) is 7.08. The standard InChI is InChI=1S/C14H21NO3/c1-14(2,3)18-13(17)15-10-4-5-11-6-8-12(16)9-7-11/h6-9,16H,4-5,10H2,1-3H3,(H,15,17). The van der Waals surface area contributed by atoms with Crippen molar-refractivity contribution in [1.29, 1.82) is 0 Å². The number of aromatic hydroxyl groups is 1. The van der Waals surface area contributed by atoms with E-state index in [1.165, 1.54) is 0 Å². The Balaban J connectivity index is 2.19. The summed E-state index contributed by atoms with van der Waals surface area (Å²) in [5.41, 5.74) is 0.680. The number of amides is 1. The molecule has 0 saturated heterocycles. The van der Waals surface area contributed by atoms with Crippen LogP contribution in [0.1, 0.15) is 32.8 Å². The molecule has 1 amide bonds. The molecule has 0 aromatic heterocycles. The fraction of sp³-hybridized carbons (Fsp3) is 0.500. The Labute approximate surface area is 108 Å². The molecule has 0 spiro atoms. The number of aryl methyl sites for hydroxylation is 1. The number of benzene rings is 1. The predicted molar refractivity (Wildman–Crippen MR) is 70.7 cm³/mol. The molecule has 0 bridgehead atoms. The highest BCUT2D eigenvalue weighted by atomic mass is 16.6. The van der Waals surface area contributed by atoms with Crippen LogP contribution in [0.3, 0.4) is 0 Å². The Morgan fingerprint density at radius 3 is 2.44 bits per heavy atom. The van der Waals surface area contributed by atoms with Gasteiger partial charge in [0, 0.05) is 6.54 Å². The predicted octanol–water partition coefficient (Wildman–Crippen LogP) is 2.85. The highest BCUT2D eigenvalue weighted by molar-refractivity contribution is 5.67. The number of phenols is 1. The fourth-order valence-electron chi connectivity index (χ4n) is 1.46. The van der Waals surface area contributed by atoms with Crippen molar-refractivity contribution in [2.24, 2.45) is 0 Å². The van der Waals surface area contributed by atoms with Crippen LogP contribution in [-0.2, 0) is 11.2 Å². The molecule has 0 saturated carbocycles. The van der Waals surface area contributed by atoms with Gasteiger partial charge < -0.3 is 15.2 Å². The minimum atomic E-state index is -0.457. The van der Waals surface area contributed by atoms with E-state index in [-0.39, 0.29) is 11.8 Å². The largest absolute Gasteiger partial charge is 0.508 e. The first-order valence-electron chi connectivity index (χ1n) is 6.11. The van der Waals surface area contributed by atoms with Crippen LogP contribution in [0, 0.1) is 0 Å². The molecule has 0 radical (unpaired) electrons. The van der Waals surface area contributed by atoms with Crippen molar-refractivity contribution < 1.29 is 14.6 Å². The Hall–Kier alpha value is -1.71. The average Bonchev–Trinajstić information content (AvgIpc) is 2.24.